The highest BCUT2D eigenvalue weighted by Gasteiger charge is 2.26. The normalized spacial score (nSPS) is 17.5. The van der Waals surface area contributed by atoms with Gasteiger partial charge in [-0.05, 0) is 60.9 Å². The summed E-state index contributed by atoms with van der Waals surface area (Å²) in [4.78, 5) is 7.44. The van der Waals surface area contributed by atoms with Gasteiger partial charge in [-0.1, -0.05) is 32.0 Å². The summed E-state index contributed by atoms with van der Waals surface area (Å²) in [5, 5.41) is 3.71. The molecule has 4 heteroatoms. The number of aromatic nitrogens is 2. The first-order valence-electron chi connectivity index (χ1n) is 9.51. The van der Waals surface area contributed by atoms with E-state index in [1.807, 2.05) is 30.3 Å². The molecule has 0 amide bonds. The van der Waals surface area contributed by atoms with Crippen molar-refractivity contribution in [1.82, 2.24) is 15.3 Å². The van der Waals surface area contributed by atoms with Crippen molar-refractivity contribution >= 4 is 11.0 Å². The maximum atomic E-state index is 6.02. The van der Waals surface area contributed by atoms with E-state index >= 15 is 0 Å². The molecule has 2 N–H and O–H groups in total. The van der Waals surface area contributed by atoms with Gasteiger partial charge < -0.3 is 15.0 Å². The molecule has 4 nitrogen and oxygen atoms in total. The maximum absolute atomic E-state index is 6.02. The monoisotopic (exact) mass is 349 g/mol. The van der Waals surface area contributed by atoms with Crippen LogP contribution in [0.25, 0.3) is 11.0 Å². The summed E-state index contributed by atoms with van der Waals surface area (Å²) in [6.07, 6.45) is 6.88. The van der Waals surface area contributed by atoms with Gasteiger partial charge in [0, 0.05) is 12.6 Å². The molecule has 136 valence electrons. The van der Waals surface area contributed by atoms with Gasteiger partial charge in [-0.15, -0.1) is 0 Å². The van der Waals surface area contributed by atoms with Crippen LogP contribution in [0.3, 0.4) is 0 Å². The number of fused-ring (bicyclic) bond motifs is 1. The third-order valence-corrected chi connectivity index (χ3v) is 5.50. The van der Waals surface area contributed by atoms with Crippen LogP contribution in [-0.4, -0.2) is 16.0 Å². The van der Waals surface area contributed by atoms with Gasteiger partial charge in [-0.3, -0.25) is 0 Å². The second-order valence-corrected chi connectivity index (χ2v) is 8.12. The molecule has 1 aliphatic rings. The standard InChI is InChI=1S/C22H27N3O/c1-22(2)12-10-17(11-13-22)23-14-16-6-8-18(9-7-16)26-20-5-3-4-19-21(20)25-15-24-19/h3-9,15,17,23H,10-14H2,1-2H3,(H,24,25). The van der Waals surface area contributed by atoms with Gasteiger partial charge in [0.15, 0.2) is 5.75 Å². The second-order valence-electron chi connectivity index (χ2n) is 8.12. The third-order valence-electron chi connectivity index (χ3n) is 5.50. The van der Waals surface area contributed by atoms with Gasteiger partial charge in [0.25, 0.3) is 0 Å². The Balaban J connectivity index is 1.34. The summed E-state index contributed by atoms with van der Waals surface area (Å²) in [7, 11) is 0. The Labute approximate surface area is 155 Å². The number of nitrogens with zero attached hydrogens (tertiary/aromatic N) is 1. The summed E-state index contributed by atoms with van der Waals surface area (Å²) in [5.41, 5.74) is 3.66. The summed E-state index contributed by atoms with van der Waals surface area (Å²) in [6, 6.07) is 14.9. The molecule has 0 unspecified atom stereocenters. The molecule has 1 aromatic heterocycles. The molecule has 1 heterocycles. The highest BCUT2D eigenvalue weighted by atomic mass is 16.5. The Bertz CT molecular complexity index is 856. The number of aromatic amines is 1. The van der Waals surface area contributed by atoms with E-state index in [1.165, 1.54) is 31.2 Å². The van der Waals surface area contributed by atoms with E-state index in [-0.39, 0.29) is 0 Å². The van der Waals surface area contributed by atoms with Crippen molar-refractivity contribution in [2.24, 2.45) is 5.41 Å². The van der Waals surface area contributed by atoms with Crippen LogP contribution in [-0.2, 0) is 6.54 Å². The van der Waals surface area contributed by atoms with Crippen molar-refractivity contribution in [1.29, 1.82) is 0 Å². The minimum atomic E-state index is 0.522. The molecule has 0 saturated heterocycles. The van der Waals surface area contributed by atoms with Crippen molar-refractivity contribution in [2.75, 3.05) is 0 Å². The van der Waals surface area contributed by atoms with Gasteiger partial charge in [-0.25, -0.2) is 4.98 Å². The zero-order valence-corrected chi connectivity index (χ0v) is 15.6. The first-order valence-corrected chi connectivity index (χ1v) is 9.51. The van der Waals surface area contributed by atoms with Crippen LogP contribution < -0.4 is 10.1 Å². The van der Waals surface area contributed by atoms with Crippen LogP contribution in [0.2, 0.25) is 0 Å². The van der Waals surface area contributed by atoms with Gasteiger partial charge in [0.05, 0.1) is 11.8 Å². The molecule has 2 aromatic carbocycles. The van der Waals surface area contributed by atoms with Crippen molar-refractivity contribution in [3.63, 3.8) is 0 Å². The van der Waals surface area contributed by atoms with Crippen LogP contribution in [0.1, 0.15) is 45.1 Å². The van der Waals surface area contributed by atoms with Crippen molar-refractivity contribution in [3.05, 3.63) is 54.4 Å². The molecule has 3 aromatic rings. The smallest absolute Gasteiger partial charge is 0.155 e. The Morgan fingerprint density at radius 1 is 1.12 bits per heavy atom. The van der Waals surface area contributed by atoms with E-state index in [0.717, 1.165) is 29.1 Å². The van der Waals surface area contributed by atoms with Crippen LogP contribution in [0.4, 0.5) is 0 Å². The zero-order valence-electron chi connectivity index (χ0n) is 15.6. The SMILES string of the molecule is CC1(C)CCC(NCc2ccc(Oc3cccc4[nH]cnc34)cc2)CC1. The predicted molar refractivity (Wildman–Crippen MR) is 105 cm³/mol. The summed E-state index contributed by atoms with van der Waals surface area (Å²) < 4.78 is 6.02. The number of imidazole rings is 1. The lowest BCUT2D eigenvalue weighted by molar-refractivity contribution is 0.206. The number of hydrogen-bond acceptors (Lipinski definition) is 3. The zero-order chi connectivity index (χ0) is 18.0. The molecule has 4 rings (SSSR count). The molecule has 0 spiro atoms. The highest BCUT2D eigenvalue weighted by Crippen LogP contribution is 2.35. The first kappa shape index (κ1) is 17.1. The summed E-state index contributed by atoms with van der Waals surface area (Å²) in [6.45, 7) is 5.68. The molecule has 0 atom stereocenters. The van der Waals surface area contributed by atoms with E-state index in [2.05, 4.69) is 41.3 Å². The Morgan fingerprint density at radius 3 is 2.65 bits per heavy atom. The number of para-hydroxylation sites is 1. The number of ether oxygens (including phenoxy) is 1. The lowest BCUT2D eigenvalue weighted by atomic mass is 9.75. The molecule has 1 fully saturated rings. The van der Waals surface area contributed by atoms with Crippen molar-refractivity contribution in [3.8, 4) is 11.5 Å². The molecular formula is C22H27N3O. The highest BCUT2D eigenvalue weighted by molar-refractivity contribution is 5.81. The first-order chi connectivity index (χ1) is 12.6. The largest absolute Gasteiger partial charge is 0.455 e. The lowest BCUT2D eigenvalue weighted by Crippen LogP contribution is -2.35. The molecule has 0 aliphatic heterocycles. The van der Waals surface area contributed by atoms with Crippen LogP contribution in [0.15, 0.2) is 48.8 Å². The van der Waals surface area contributed by atoms with Crippen LogP contribution in [0.5, 0.6) is 11.5 Å². The van der Waals surface area contributed by atoms with Crippen molar-refractivity contribution < 1.29 is 4.74 Å². The quantitative estimate of drug-likeness (QED) is 0.647. The van der Waals surface area contributed by atoms with Crippen LogP contribution >= 0.6 is 0 Å². The molecule has 0 radical (unpaired) electrons. The molecule has 1 saturated carbocycles. The van der Waals surface area contributed by atoms with E-state index in [9.17, 15) is 0 Å². The lowest BCUT2D eigenvalue weighted by Gasteiger charge is -2.34. The van der Waals surface area contributed by atoms with Gasteiger partial charge in [-0.2, -0.15) is 0 Å². The molecule has 1 aliphatic carbocycles. The van der Waals surface area contributed by atoms with Crippen LogP contribution in [0, 0.1) is 5.41 Å². The topological polar surface area (TPSA) is 49.9 Å². The minimum absolute atomic E-state index is 0.522. The number of benzene rings is 2. The van der Waals surface area contributed by atoms with Gasteiger partial charge >= 0.3 is 0 Å². The minimum Gasteiger partial charge on any atom is -0.455 e. The second kappa shape index (κ2) is 7.12. The van der Waals surface area contributed by atoms with E-state index in [0.29, 0.717) is 11.5 Å². The average Bonchev–Trinajstić information content (AvgIpc) is 3.12. The van der Waals surface area contributed by atoms with Gasteiger partial charge in [0.2, 0.25) is 0 Å². The summed E-state index contributed by atoms with van der Waals surface area (Å²) >= 11 is 0. The predicted octanol–water partition coefficient (Wildman–Crippen LogP) is 5.41. The van der Waals surface area contributed by atoms with E-state index < -0.39 is 0 Å². The van der Waals surface area contributed by atoms with Gasteiger partial charge in [0.1, 0.15) is 11.3 Å². The van der Waals surface area contributed by atoms with Crippen molar-refractivity contribution in [2.45, 2.75) is 52.1 Å². The number of H-pyrrole nitrogens is 1. The Kier molecular flexibility index (Phi) is 4.68. The molecule has 26 heavy (non-hydrogen) atoms. The Hall–Kier alpha value is -2.33. The van der Waals surface area contributed by atoms with E-state index in [1.54, 1.807) is 6.33 Å². The maximum Gasteiger partial charge on any atom is 0.155 e. The average molecular weight is 349 g/mol. The fraction of sp³-hybridized carbons (Fsp3) is 0.409. The fourth-order valence-corrected chi connectivity index (χ4v) is 3.69. The molecular weight excluding hydrogens is 322 g/mol. The Morgan fingerprint density at radius 2 is 1.88 bits per heavy atom. The number of nitrogens with one attached hydrogen (secondary N) is 2. The number of hydrogen-bond donors (Lipinski definition) is 2. The third kappa shape index (κ3) is 3.91. The number of rotatable bonds is 5. The molecule has 0 bridgehead atoms. The fourth-order valence-electron chi connectivity index (χ4n) is 3.69. The summed E-state index contributed by atoms with van der Waals surface area (Å²) in [5.74, 6) is 1.61. The van der Waals surface area contributed by atoms with E-state index in [4.69, 9.17) is 4.74 Å².